The first-order valence-electron chi connectivity index (χ1n) is 7.10. The SMILES string of the molecule is COc1ccc(O[C@H](C)C(=O)O/N=C(/N)c2ccc(Br)cc2)cc1. The summed E-state index contributed by atoms with van der Waals surface area (Å²) in [5.41, 5.74) is 6.43. The van der Waals surface area contributed by atoms with Crippen LogP contribution in [0.1, 0.15) is 12.5 Å². The zero-order valence-corrected chi connectivity index (χ0v) is 14.8. The highest BCUT2D eigenvalue weighted by Crippen LogP contribution is 2.18. The van der Waals surface area contributed by atoms with Crippen LogP contribution in [0.4, 0.5) is 0 Å². The van der Waals surface area contributed by atoms with Crippen LogP contribution < -0.4 is 15.2 Å². The van der Waals surface area contributed by atoms with Crippen LogP contribution in [0.3, 0.4) is 0 Å². The maximum Gasteiger partial charge on any atom is 0.374 e. The van der Waals surface area contributed by atoms with Gasteiger partial charge in [0.05, 0.1) is 7.11 Å². The minimum absolute atomic E-state index is 0.104. The normalized spacial score (nSPS) is 12.4. The van der Waals surface area contributed by atoms with Crippen molar-refractivity contribution in [3.63, 3.8) is 0 Å². The molecule has 2 rings (SSSR count). The number of amidine groups is 1. The van der Waals surface area contributed by atoms with Crippen LogP contribution in [0.25, 0.3) is 0 Å². The van der Waals surface area contributed by atoms with Gasteiger partial charge in [0.1, 0.15) is 11.5 Å². The second kappa shape index (κ2) is 8.35. The summed E-state index contributed by atoms with van der Waals surface area (Å²) in [4.78, 5) is 16.7. The summed E-state index contributed by atoms with van der Waals surface area (Å²) in [5.74, 6) is 0.674. The van der Waals surface area contributed by atoms with Gasteiger partial charge < -0.3 is 20.0 Å². The van der Waals surface area contributed by atoms with Crippen LogP contribution >= 0.6 is 15.9 Å². The summed E-state index contributed by atoms with van der Waals surface area (Å²) in [6, 6.07) is 14.0. The van der Waals surface area contributed by atoms with Crippen molar-refractivity contribution >= 4 is 27.7 Å². The van der Waals surface area contributed by atoms with E-state index in [-0.39, 0.29) is 5.84 Å². The van der Waals surface area contributed by atoms with Gasteiger partial charge in [0.2, 0.25) is 0 Å². The molecule has 0 saturated carbocycles. The number of oxime groups is 1. The second-order valence-corrected chi connectivity index (χ2v) is 5.75. The lowest BCUT2D eigenvalue weighted by Gasteiger charge is -2.12. The number of nitrogens with zero attached hydrogens (tertiary/aromatic N) is 1. The number of carbonyl (C=O) groups excluding carboxylic acids is 1. The molecule has 6 nitrogen and oxygen atoms in total. The number of nitrogens with two attached hydrogens (primary N) is 1. The van der Waals surface area contributed by atoms with Crippen molar-refractivity contribution in [2.24, 2.45) is 10.9 Å². The first-order valence-corrected chi connectivity index (χ1v) is 7.90. The number of carbonyl (C=O) groups is 1. The Labute approximate surface area is 148 Å². The Bertz CT molecular complexity index is 714. The van der Waals surface area contributed by atoms with Gasteiger partial charge in [-0.05, 0) is 43.3 Å². The van der Waals surface area contributed by atoms with E-state index in [2.05, 4.69) is 21.1 Å². The molecule has 2 aromatic carbocycles. The van der Waals surface area contributed by atoms with E-state index in [9.17, 15) is 4.79 Å². The van der Waals surface area contributed by atoms with Crippen molar-refractivity contribution in [1.29, 1.82) is 0 Å². The molecule has 0 amide bonds. The van der Waals surface area contributed by atoms with Crippen molar-refractivity contribution in [1.82, 2.24) is 0 Å². The number of methoxy groups -OCH3 is 1. The summed E-state index contributed by atoms with van der Waals surface area (Å²) in [6.45, 7) is 1.57. The fraction of sp³-hybridized carbons (Fsp3) is 0.176. The standard InChI is InChI=1S/C17H17BrN2O4/c1-11(23-15-9-7-14(22-2)8-10-15)17(21)24-20-16(19)12-3-5-13(18)6-4-12/h3-11H,1-2H3,(H2,19,20)/t11-/m1/s1. The van der Waals surface area contributed by atoms with E-state index in [1.807, 2.05) is 12.1 Å². The van der Waals surface area contributed by atoms with E-state index in [0.29, 0.717) is 17.1 Å². The summed E-state index contributed by atoms with van der Waals surface area (Å²) < 4.78 is 11.5. The zero-order valence-electron chi connectivity index (χ0n) is 13.2. The van der Waals surface area contributed by atoms with E-state index in [1.165, 1.54) is 0 Å². The summed E-state index contributed by atoms with van der Waals surface area (Å²) >= 11 is 3.33. The largest absolute Gasteiger partial charge is 0.497 e. The van der Waals surface area contributed by atoms with Crippen molar-refractivity contribution < 1.29 is 19.1 Å². The van der Waals surface area contributed by atoms with Gasteiger partial charge in [-0.25, -0.2) is 4.79 Å². The molecule has 0 radical (unpaired) electrons. The highest BCUT2D eigenvalue weighted by atomic mass is 79.9. The molecule has 0 spiro atoms. The number of benzene rings is 2. The van der Waals surface area contributed by atoms with Crippen LogP contribution in [-0.4, -0.2) is 25.0 Å². The third kappa shape index (κ3) is 4.99. The first kappa shape index (κ1) is 17.8. The van der Waals surface area contributed by atoms with E-state index in [0.717, 1.165) is 4.47 Å². The molecule has 0 aromatic heterocycles. The number of rotatable bonds is 6. The zero-order chi connectivity index (χ0) is 17.5. The molecule has 0 aliphatic carbocycles. The second-order valence-electron chi connectivity index (χ2n) is 4.83. The molecular formula is C17H17BrN2O4. The molecule has 0 heterocycles. The van der Waals surface area contributed by atoms with E-state index < -0.39 is 12.1 Å². The molecule has 0 aliphatic heterocycles. The van der Waals surface area contributed by atoms with E-state index in [4.69, 9.17) is 20.0 Å². The molecule has 24 heavy (non-hydrogen) atoms. The molecule has 0 unspecified atom stereocenters. The van der Waals surface area contributed by atoms with Crippen LogP contribution in [-0.2, 0) is 9.63 Å². The predicted molar refractivity (Wildman–Crippen MR) is 94.0 cm³/mol. The molecule has 0 saturated heterocycles. The lowest BCUT2D eigenvalue weighted by atomic mass is 10.2. The Morgan fingerprint density at radius 1 is 1.08 bits per heavy atom. The van der Waals surface area contributed by atoms with Gasteiger partial charge in [-0.15, -0.1) is 0 Å². The fourth-order valence-corrected chi connectivity index (χ4v) is 2.01. The fourth-order valence-electron chi connectivity index (χ4n) is 1.75. The van der Waals surface area contributed by atoms with E-state index in [1.54, 1.807) is 50.4 Å². The van der Waals surface area contributed by atoms with Crippen LogP contribution in [0.15, 0.2) is 58.2 Å². The molecule has 0 bridgehead atoms. The van der Waals surface area contributed by atoms with E-state index >= 15 is 0 Å². The smallest absolute Gasteiger partial charge is 0.374 e. The average Bonchev–Trinajstić information content (AvgIpc) is 2.60. The minimum atomic E-state index is -0.833. The number of halogens is 1. The molecule has 126 valence electrons. The van der Waals surface area contributed by atoms with Gasteiger partial charge in [0.25, 0.3) is 0 Å². The van der Waals surface area contributed by atoms with Gasteiger partial charge in [0.15, 0.2) is 11.9 Å². The number of hydrogen-bond donors (Lipinski definition) is 1. The lowest BCUT2D eigenvalue weighted by molar-refractivity contribution is -0.151. The maximum atomic E-state index is 11.9. The van der Waals surface area contributed by atoms with Crippen LogP contribution in [0, 0.1) is 0 Å². The average molecular weight is 393 g/mol. The summed E-state index contributed by atoms with van der Waals surface area (Å²) in [5, 5.41) is 3.64. The van der Waals surface area contributed by atoms with Gasteiger partial charge >= 0.3 is 5.97 Å². The third-order valence-electron chi connectivity index (χ3n) is 3.08. The Balaban J connectivity index is 1.92. The first-order chi connectivity index (χ1) is 11.5. The van der Waals surface area contributed by atoms with Crippen molar-refractivity contribution in [3.05, 3.63) is 58.6 Å². The summed E-state index contributed by atoms with van der Waals surface area (Å²) in [7, 11) is 1.57. The Hall–Kier alpha value is -2.54. The molecule has 1 atom stereocenters. The number of hydrogen-bond acceptors (Lipinski definition) is 5. The van der Waals surface area contributed by atoms with Gasteiger partial charge in [-0.1, -0.05) is 33.2 Å². The molecule has 2 N–H and O–H groups in total. The highest BCUT2D eigenvalue weighted by Gasteiger charge is 2.17. The van der Waals surface area contributed by atoms with Crippen molar-refractivity contribution in [3.8, 4) is 11.5 Å². The Morgan fingerprint density at radius 2 is 1.67 bits per heavy atom. The van der Waals surface area contributed by atoms with Crippen molar-refractivity contribution in [2.75, 3.05) is 7.11 Å². The molecule has 0 fully saturated rings. The summed E-state index contributed by atoms with van der Waals surface area (Å²) in [6.07, 6.45) is -0.833. The minimum Gasteiger partial charge on any atom is -0.497 e. The van der Waals surface area contributed by atoms with Gasteiger partial charge in [-0.2, -0.15) is 0 Å². The lowest BCUT2D eigenvalue weighted by Crippen LogP contribution is -2.26. The predicted octanol–water partition coefficient (Wildman–Crippen LogP) is 3.09. The molecule has 0 aliphatic rings. The quantitative estimate of drug-likeness (QED) is 0.353. The highest BCUT2D eigenvalue weighted by molar-refractivity contribution is 9.10. The number of ether oxygens (including phenoxy) is 2. The molecule has 7 heteroatoms. The van der Waals surface area contributed by atoms with Crippen LogP contribution in [0.2, 0.25) is 0 Å². The Morgan fingerprint density at radius 3 is 2.25 bits per heavy atom. The topological polar surface area (TPSA) is 83.1 Å². The Kier molecular flexibility index (Phi) is 6.20. The molecule has 2 aromatic rings. The molecular weight excluding hydrogens is 376 g/mol. The monoisotopic (exact) mass is 392 g/mol. The maximum absolute atomic E-state index is 11.9. The third-order valence-corrected chi connectivity index (χ3v) is 3.61. The van der Waals surface area contributed by atoms with Crippen LogP contribution in [0.5, 0.6) is 11.5 Å². The van der Waals surface area contributed by atoms with Gasteiger partial charge in [0, 0.05) is 10.0 Å². The van der Waals surface area contributed by atoms with Gasteiger partial charge in [-0.3, -0.25) is 0 Å². The van der Waals surface area contributed by atoms with Crippen molar-refractivity contribution in [2.45, 2.75) is 13.0 Å².